The highest BCUT2D eigenvalue weighted by atomic mass is 32.2. The minimum atomic E-state index is -0.966. The van der Waals surface area contributed by atoms with Crippen LogP contribution in [0.15, 0.2) is 45.7 Å². The molecule has 1 aliphatic heterocycles. The minimum Gasteiger partial charge on any atom is -0.478 e. The number of carbonyl (C=O) groups is 2. The maximum atomic E-state index is 12.8. The summed E-state index contributed by atoms with van der Waals surface area (Å²) < 4.78 is 6.47. The van der Waals surface area contributed by atoms with E-state index in [0.29, 0.717) is 20.7 Å². The van der Waals surface area contributed by atoms with Crippen molar-refractivity contribution in [2.75, 3.05) is 0 Å². The van der Waals surface area contributed by atoms with Crippen LogP contribution in [0.3, 0.4) is 0 Å². The zero-order valence-corrected chi connectivity index (χ0v) is 16.7. The predicted molar refractivity (Wildman–Crippen MR) is 113 cm³/mol. The highest BCUT2D eigenvalue weighted by Crippen LogP contribution is 2.37. The molecule has 0 atom stereocenters. The Hall–Kier alpha value is -2.38. The molecule has 2 aromatic rings. The third-order valence-corrected chi connectivity index (χ3v) is 6.41. The monoisotopic (exact) mass is 413 g/mol. The summed E-state index contributed by atoms with van der Waals surface area (Å²) in [4.78, 5) is 26.2. The van der Waals surface area contributed by atoms with Crippen LogP contribution < -0.4 is 0 Å². The van der Waals surface area contributed by atoms with Crippen LogP contribution in [0.25, 0.3) is 17.4 Å². The largest absolute Gasteiger partial charge is 0.478 e. The van der Waals surface area contributed by atoms with E-state index in [4.69, 9.17) is 21.7 Å². The number of carboxylic acids is 1. The molecule has 4 rings (SSSR count). The van der Waals surface area contributed by atoms with Gasteiger partial charge in [-0.05, 0) is 37.1 Å². The van der Waals surface area contributed by atoms with Gasteiger partial charge in [0, 0.05) is 17.7 Å². The van der Waals surface area contributed by atoms with Gasteiger partial charge in [-0.25, -0.2) is 4.79 Å². The number of amides is 1. The number of thiocarbonyl (C=S) groups is 1. The summed E-state index contributed by atoms with van der Waals surface area (Å²) in [6, 6.07) is 10.3. The second-order valence-corrected chi connectivity index (χ2v) is 8.60. The summed E-state index contributed by atoms with van der Waals surface area (Å²) in [6.07, 6.45) is 7.26. The fourth-order valence-electron chi connectivity index (χ4n) is 3.63. The molecular formula is C21H19NO4S2. The van der Waals surface area contributed by atoms with Crippen LogP contribution in [-0.4, -0.2) is 32.2 Å². The topological polar surface area (TPSA) is 70.8 Å². The van der Waals surface area contributed by atoms with Crippen molar-refractivity contribution in [2.45, 2.75) is 38.1 Å². The molecule has 1 N–H and O–H groups in total. The maximum absolute atomic E-state index is 12.8. The lowest BCUT2D eigenvalue weighted by Gasteiger charge is -2.29. The van der Waals surface area contributed by atoms with Crippen molar-refractivity contribution in [1.82, 2.24) is 4.90 Å². The summed E-state index contributed by atoms with van der Waals surface area (Å²) in [6.45, 7) is 0. The standard InChI is InChI=1S/C21H19NO4S2/c23-19-18(28-21(27)22(19)15-4-2-1-3-5-15)12-16-10-11-17(26-16)13-6-8-14(9-7-13)20(24)25/h6-12,15H,1-5H2,(H,24,25). The smallest absolute Gasteiger partial charge is 0.335 e. The van der Waals surface area contributed by atoms with Crippen LogP contribution in [0.4, 0.5) is 0 Å². The fourth-order valence-corrected chi connectivity index (χ4v) is 5.01. The second-order valence-electron chi connectivity index (χ2n) is 6.93. The van der Waals surface area contributed by atoms with Crippen molar-refractivity contribution in [1.29, 1.82) is 0 Å². The van der Waals surface area contributed by atoms with E-state index in [9.17, 15) is 9.59 Å². The Balaban J connectivity index is 1.52. The Bertz CT molecular complexity index is 955. The highest BCUT2D eigenvalue weighted by molar-refractivity contribution is 8.26. The second kappa shape index (κ2) is 7.93. The van der Waals surface area contributed by atoms with E-state index in [2.05, 4.69) is 0 Å². The predicted octanol–water partition coefficient (Wildman–Crippen LogP) is 5.18. The molecule has 1 amide bonds. The van der Waals surface area contributed by atoms with Crippen molar-refractivity contribution in [2.24, 2.45) is 0 Å². The zero-order chi connectivity index (χ0) is 19.7. The van der Waals surface area contributed by atoms with Gasteiger partial charge in [-0.1, -0.05) is 55.4 Å². The summed E-state index contributed by atoms with van der Waals surface area (Å²) in [5.74, 6) is 0.185. The molecule has 2 fully saturated rings. The van der Waals surface area contributed by atoms with E-state index in [0.717, 1.165) is 31.2 Å². The minimum absolute atomic E-state index is 0.0364. The molecule has 1 saturated carbocycles. The van der Waals surface area contributed by atoms with Crippen LogP contribution in [0.5, 0.6) is 0 Å². The fraction of sp³-hybridized carbons (Fsp3) is 0.286. The van der Waals surface area contributed by atoms with Crippen LogP contribution in [0.1, 0.15) is 48.2 Å². The van der Waals surface area contributed by atoms with Crippen molar-refractivity contribution in [3.05, 3.63) is 52.6 Å². The summed E-state index contributed by atoms with van der Waals surface area (Å²) >= 11 is 6.78. The van der Waals surface area contributed by atoms with Crippen molar-refractivity contribution >= 4 is 46.3 Å². The van der Waals surface area contributed by atoms with Gasteiger partial charge in [0.15, 0.2) is 0 Å². The first-order valence-electron chi connectivity index (χ1n) is 9.23. The Morgan fingerprint density at radius 3 is 2.54 bits per heavy atom. The molecule has 0 radical (unpaired) electrons. The molecule has 0 bridgehead atoms. The molecule has 2 aliphatic rings. The zero-order valence-electron chi connectivity index (χ0n) is 15.1. The molecule has 144 valence electrons. The summed E-state index contributed by atoms with van der Waals surface area (Å²) in [5, 5.41) is 8.99. The number of carbonyl (C=O) groups excluding carboxylic acids is 1. The summed E-state index contributed by atoms with van der Waals surface area (Å²) in [5.41, 5.74) is 1.00. The number of thioether (sulfide) groups is 1. The SMILES string of the molecule is O=C(O)c1ccc(-c2ccc(C=C3SC(=S)N(C4CCCCC4)C3=O)o2)cc1. The van der Waals surface area contributed by atoms with Gasteiger partial charge >= 0.3 is 5.97 Å². The number of benzene rings is 1. The van der Waals surface area contributed by atoms with Crippen LogP contribution in [0.2, 0.25) is 0 Å². The number of hydrogen-bond donors (Lipinski definition) is 1. The van der Waals surface area contributed by atoms with Gasteiger partial charge in [-0.3, -0.25) is 9.69 Å². The van der Waals surface area contributed by atoms with Gasteiger partial charge in [-0.2, -0.15) is 0 Å². The van der Waals surface area contributed by atoms with E-state index >= 15 is 0 Å². The van der Waals surface area contributed by atoms with E-state index in [-0.39, 0.29) is 17.5 Å². The van der Waals surface area contributed by atoms with Crippen LogP contribution in [0, 0.1) is 0 Å². The molecule has 2 heterocycles. The van der Waals surface area contributed by atoms with E-state index in [1.807, 2.05) is 6.07 Å². The number of aromatic carboxylic acids is 1. The molecule has 1 saturated heterocycles. The number of nitrogens with zero attached hydrogens (tertiary/aromatic N) is 1. The first-order valence-corrected chi connectivity index (χ1v) is 10.5. The molecular weight excluding hydrogens is 394 g/mol. The number of rotatable bonds is 4. The van der Waals surface area contributed by atoms with Crippen molar-refractivity contribution < 1.29 is 19.1 Å². The Labute approximate surface area is 172 Å². The average Bonchev–Trinajstić information content (AvgIpc) is 3.27. The van der Waals surface area contributed by atoms with Crippen molar-refractivity contribution in [3.8, 4) is 11.3 Å². The highest BCUT2D eigenvalue weighted by Gasteiger charge is 2.37. The van der Waals surface area contributed by atoms with Gasteiger partial charge in [0.1, 0.15) is 15.8 Å². The Morgan fingerprint density at radius 2 is 1.86 bits per heavy atom. The summed E-state index contributed by atoms with van der Waals surface area (Å²) in [7, 11) is 0. The van der Waals surface area contributed by atoms with E-state index in [1.54, 1.807) is 29.2 Å². The maximum Gasteiger partial charge on any atom is 0.335 e. The molecule has 7 heteroatoms. The first-order chi connectivity index (χ1) is 13.5. The third kappa shape index (κ3) is 3.77. The molecule has 28 heavy (non-hydrogen) atoms. The van der Waals surface area contributed by atoms with E-state index < -0.39 is 5.97 Å². The Kier molecular flexibility index (Phi) is 5.37. The molecule has 1 aromatic heterocycles. The van der Waals surface area contributed by atoms with Gasteiger partial charge in [0.25, 0.3) is 5.91 Å². The third-order valence-electron chi connectivity index (χ3n) is 5.08. The number of furan rings is 1. The van der Waals surface area contributed by atoms with E-state index in [1.165, 1.54) is 30.3 Å². The lowest BCUT2D eigenvalue weighted by molar-refractivity contribution is -0.124. The van der Waals surface area contributed by atoms with Crippen LogP contribution >= 0.6 is 24.0 Å². The Morgan fingerprint density at radius 1 is 1.14 bits per heavy atom. The van der Waals surface area contributed by atoms with Gasteiger partial charge in [0.05, 0.1) is 10.5 Å². The lowest BCUT2D eigenvalue weighted by atomic mass is 9.94. The molecule has 1 aromatic carbocycles. The van der Waals surface area contributed by atoms with Crippen LogP contribution in [-0.2, 0) is 4.79 Å². The molecule has 0 spiro atoms. The lowest BCUT2D eigenvalue weighted by Crippen LogP contribution is -2.39. The molecule has 5 nitrogen and oxygen atoms in total. The first kappa shape index (κ1) is 19.0. The van der Waals surface area contributed by atoms with Crippen molar-refractivity contribution in [3.63, 3.8) is 0 Å². The average molecular weight is 414 g/mol. The molecule has 1 aliphatic carbocycles. The van der Waals surface area contributed by atoms with Gasteiger partial charge in [-0.15, -0.1) is 0 Å². The van der Waals surface area contributed by atoms with Gasteiger partial charge < -0.3 is 9.52 Å². The number of hydrogen-bond acceptors (Lipinski definition) is 5. The normalized spacial score (nSPS) is 19.6. The van der Waals surface area contributed by atoms with Gasteiger partial charge in [0.2, 0.25) is 0 Å². The number of carboxylic acid groups (broad SMARTS) is 1. The quantitative estimate of drug-likeness (QED) is 0.550. The molecule has 0 unspecified atom stereocenters.